The molecule has 0 atom stereocenters. The number of rotatable bonds is 6. The quantitative estimate of drug-likeness (QED) is 0.632. The van der Waals surface area contributed by atoms with Gasteiger partial charge in [0.05, 0.1) is 11.5 Å². The van der Waals surface area contributed by atoms with Crippen molar-refractivity contribution < 1.29 is 9.72 Å². The van der Waals surface area contributed by atoms with Crippen molar-refractivity contribution in [1.29, 1.82) is 0 Å². The Balaban J connectivity index is 3.03. The third-order valence-electron chi connectivity index (χ3n) is 2.81. The van der Waals surface area contributed by atoms with Crippen molar-refractivity contribution in [3.63, 3.8) is 0 Å². The number of likely N-dealkylation sites (N-methyl/N-ethyl adjacent to an activating group) is 2. The van der Waals surface area contributed by atoms with Gasteiger partial charge in [-0.25, -0.2) is 0 Å². The molecule has 1 rings (SSSR count). The molecular weight excluding hydrogens is 260 g/mol. The first kappa shape index (κ1) is 15.7. The minimum atomic E-state index is -0.439. The number of hydrogen-bond donors (Lipinski definition) is 1. The van der Waals surface area contributed by atoms with E-state index >= 15 is 0 Å². The number of benzene rings is 1. The molecule has 1 aromatic carbocycles. The second-order valence-electron chi connectivity index (χ2n) is 4.67. The van der Waals surface area contributed by atoms with Crippen LogP contribution in [0.2, 0.25) is 0 Å². The Hall–Kier alpha value is -2.31. The van der Waals surface area contributed by atoms with Crippen LogP contribution < -0.4 is 10.2 Å². The summed E-state index contributed by atoms with van der Waals surface area (Å²) in [5.41, 5.74) is 1.30. The Morgan fingerprint density at radius 1 is 1.30 bits per heavy atom. The number of nitro groups is 1. The van der Waals surface area contributed by atoms with Gasteiger partial charge >= 0.3 is 0 Å². The molecule has 0 aromatic heterocycles. The first-order valence-corrected chi connectivity index (χ1v) is 6.29. The van der Waals surface area contributed by atoms with E-state index in [2.05, 4.69) is 5.32 Å². The van der Waals surface area contributed by atoms with Gasteiger partial charge in [0.15, 0.2) is 0 Å². The minimum Gasteiger partial charge on any atom is -0.385 e. The van der Waals surface area contributed by atoms with Gasteiger partial charge in [-0.3, -0.25) is 14.9 Å². The summed E-state index contributed by atoms with van der Waals surface area (Å²) in [7, 11) is 5.08. The number of nitrogens with zero attached hydrogens (tertiary/aromatic N) is 3. The highest BCUT2D eigenvalue weighted by atomic mass is 16.6. The van der Waals surface area contributed by atoms with Crippen LogP contribution in [0.15, 0.2) is 18.2 Å². The molecule has 0 unspecified atom stereocenters. The Morgan fingerprint density at radius 2 is 1.95 bits per heavy atom. The van der Waals surface area contributed by atoms with E-state index in [0.717, 1.165) is 0 Å². The van der Waals surface area contributed by atoms with Crippen LogP contribution in [0.3, 0.4) is 0 Å². The molecule has 0 heterocycles. The number of amides is 1. The molecule has 0 aliphatic heterocycles. The van der Waals surface area contributed by atoms with Crippen LogP contribution in [0.25, 0.3) is 0 Å². The third-order valence-corrected chi connectivity index (χ3v) is 2.81. The van der Waals surface area contributed by atoms with Crippen LogP contribution >= 0.6 is 0 Å². The van der Waals surface area contributed by atoms with Crippen LogP contribution in [0.5, 0.6) is 0 Å². The number of carbonyl (C=O) groups excluding carboxylic acids is 1. The molecule has 0 bridgehead atoms. The average molecular weight is 280 g/mol. The molecule has 110 valence electrons. The third kappa shape index (κ3) is 4.11. The van der Waals surface area contributed by atoms with Gasteiger partial charge in [0.1, 0.15) is 0 Å². The average Bonchev–Trinajstić information content (AvgIpc) is 2.38. The van der Waals surface area contributed by atoms with Crippen molar-refractivity contribution in [2.45, 2.75) is 6.92 Å². The molecule has 20 heavy (non-hydrogen) atoms. The van der Waals surface area contributed by atoms with E-state index in [4.69, 9.17) is 0 Å². The zero-order chi connectivity index (χ0) is 15.3. The molecule has 0 aliphatic carbocycles. The van der Waals surface area contributed by atoms with Crippen LogP contribution in [-0.2, 0) is 4.79 Å². The fraction of sp³-hybridized carbons (Fsp3) is 0.462. The van der Waals surface area contributed by atoms with Crippen molar-refractivity contribution in [2.75, 3.05) is 44.4 Å². The standard InChI is InChI=1S/C13H20N4O3/c1-5-14-10-6-11(8-12(7-10)17(19)20)16(4)9-13(18)15(2)3/h6-8,14H,5,9H2,1-4H3. The zero-order valence-electron chi connectivity index (χ0n) is 12.2. The van der Waals surface area contributed by atoms with E-state index in [0.29, 0.717) is 17.9 Å². The predicted octanol–water partition coefficient (Wildman–Crippen LogP) is 1.55. The maximum atomic E-state index is 11.7. The van der Waals surface area contributed by atoms with Crippen molar-refractivity contribution >= 4 is 23.0 Å². The molecule has 0 radical (unpaired) electrons. The monoisotopic (exact) mass is 280 g/mol. The smallest absolute Gasteiger partial charge is 0.273 e. The molecule has 7 nitrogen and oxygen atoms in total. The lowest BCUT2D eigenvalue weighted by Gasteiger charge is -2.21. The minimum absolute atomic E-state index is 0.00241. The summed E-state index contributed by atoms with van der Waals surface area (Å²) in [4.78, 5) is 25.4. The van der Waals surface area contributed by atoms with Crippen molar-refractivity contribution in [1.82, 2.24) is 4.90 Å². The summed E-state index contributed by atoms with van der Waals surface area (Å²) in [5.74, 6) is -0.0657. The van der Waals surface area contributed by atoms with Gasteiger partial charge in [-0.2, -0.15) is 0 Å². The van der Waals surface area contributed by atoms with Crippen LogP contribution in [0, 0.1) is 10.1 Å². The molecule has 1 N–H and O–H groups in total. The SMILES string of the molecule is CCNc1cc(N(C)CC(=O)N(C)C)cc([N+](=O)[O-])c1. The Bertz CT molecular complexity index is 502. The number of nitro benzene ring substituents is 1. The molecule has 1 amide bonds. The second-order valence-corrected chi connectivity index (χ2v) is 4.67. The number of hydrogen-bond acceptors (Lipinski definition) is 5. The van der Waals surface area contributed by atoms with Crippen molar-refractivity contribution in [2.24, 2.45) is 0 Å². The number of nitrogens with one attached hydrogen (secondary N) is 1. The molecule has 0 spiro atoms. The van der Waals surface area contributed by atoms with Crippen LogP contribution in [0.4, 0.5) is 17.1 Å². The maximum Gasteiger partial charge on any atom is 0.273 e. The maximum absolute atomic E-state index is 11.7. The number of anilines is 2. The lowest BCUT2D eigenvalue weighted by Crippen LogP contribution is -2.34. The van der Waals surface area contributed by atoms with Gasteiger partial charge in [0.2, 0.25) is 5.91 Å². The summed E-state index contributed by atoms with van der Waals surface area (Å²) in [5, 5.41) is 14.0. The van der Waals surface area contributed by atoms with Gasteiger partial charge in [-0.15, -0.1) is 0 Å². The molecule has 0 saturated carbocycles. The van der Waals surface area contributed by atoms with Crippen LogP contribution in [0.1, 0.15) is 6.92 Å². The number of non-ortho nitro benzene ring substituents is 1. The Kier molecular flexibility index (Phi) is 5.31. The van der Waals surface area contributed by atoms with Gasteiger partial charge in [0.25, 0.3) is 5.69 Å². The fourth-order valence-corrected chi connectivity index (χ4v) is 1.66. The topological polar surface area (TPSA) is 78.7 Å². The van der Waals surface area contributed by atoms with Gasteiger partial charge in [-0.05, 0) is 13.0 Å². The molecule has 7 heteroatoms. The Morgan fingerprint density at radius 3 is 2.45 bits per heavy atom. The lowest BCUT2D eigenvalue weighted by atomic mass is 10.2. The van der Waals surface area contributed by atoms with E-state index in [1.54, 1.807) is 32.1 Å². The van der Waals surface area contributed by atoms with E-state index in [9.17, 15) is 14.9 Å². The van der Waals surface area contributed by atoms with Gasteiger partial charge in [-0.1, -0.05) is 0 Å². The highest BCUT2D eigenvalue weighted by molar-refractivity contribution is 5.81. The molecule has 0 saturated heterocycles. The van der Waals surface area contributed by atoms with Crippen molar-refractivity contribution in [3.8, 4) is 0 Å². The largest absolute Gasteiger partial charge is 0.385 e. The van der Waals surface area contributed by atoms with E-state index < -0.39 is 4.92 Å². The Labute approximate surface area is 118 Å². The van der Waals surface area contributed by atoms with Crippen LogP contribution in [-0.4, -0.2) is 50.0 Å². The lowest BCUT2D eigenvalue weighted by molar-refractivity contribution is -0.384. The van der Waals surface area contributed by atoms with E-state index in [-0.39, 0.29) is 18.1 Å². The highest BCUT2D eigenvalue weighted by Gasteiger charge is 2.14. The summed E-state index contributed by atoms with van der Waals surface area (Å²) < 4.78 is 0. The molecule has 0 fully saturated rings. The highest BCUT2D eigenvalue weighted by Crippen LogP contribution is 2.26. The van der Waals surface area contributed by atoms with Gasteiger partial charge < -0.3 is 15.1 Å². The summed E-state index contributed by atoms with van der Waals surface area (Å²) in [6.45, 7) is 2.75. The first-order chi connectivity index (χ1) is 9.35. The predicted molar refractivity (Wildman–Crippen MR) is 79.2 cm³/mol. The summed E-state index contributed by atoms with van der Waals surface area (Å²) in [6, 6.07) is 4.73. The fourth-order valence-electron chi connectivity index (χ4n) is 1.66. The number of carbonyl (C=O) groups is 1. The molecule has 0 aliphatic rings. The molecular formula is C13H20N4O3. The summed E-state index contributed by atoms with van der Waals surface area (Å²) in [6.07, 6.45) is 0. The van der Waals surface area contributed by atoms with E-state index in [1.165, 1.54) is 17.0 Å². The van der Waals surface area contributed by atoms with Crippen molar-refractivity contribution in [3.05, 3.63) is 28.3 Å². The molecule has 1 aromatic rings. The second kappa shape index (κ2) is 6.74. The zero-order valence-corrected chi connectivity index (χ0v) is 12.2. The first-order valence-electron chi connectivity index (χ1n) is 6.29. The van der Waals surface area contributed by atoms with Gasteiger partial charge in [0, 0.05) is 51.2 Å². The summed E-state index contributed by atoms with van der Waals surface area (Å²) >= 11 is 0. The normalized spacial score (nSPS) is 10.0. The van der Waals surface area contributed by atoms with E-state index in [1.807, 2.05) is 6.92 Å².